The van der Waals surface area contributed by atoms with E-state index < -0.39 is 54.0 Å². The van der Waals surface area contributed by atoms with E-state index in [1.54, 1.807) is 44.6 Å². The van der Waals surface area contributed by atoms with Crippen molar-refractivity contribution in [1.29, 1.82) is 0 Å². The van der Waals surface area contributed by atoms with Crippen LogP contribution in [0.3, 0.4) is 0 Å². The summed E-state index contributed by atoms with van der Waals surface area (Å²) >= 11 is 0. The van der Waals surface area contributed by atoms with Crippen LogP contribution in [0.25, 0.3) is 11.2 Å². The van der Waals surface area contributed by atoms with Gasteiger partial charge in [0, 0.05) is 12.1 Å². The number of carboxylic acid groups (broad SMARTS) is 2. The van der Waals surface area contributed by atoms with E-state index in [9.17, 15) is 29.7 Å². The zero-order chi connectivity index (χ0) is 42.0. The summed E-state index contributed by atoms with van der Waals surface area (Å²) in [6.45, 7) is -0.506. The molecule has 2 saturated heterocycles. The molecule has 308 valence electrons. The molecule has 4 aromatic carbocycles. The van der Waals surface area contributed by atoms with Crippen LogP contribution in [-0.4, -0.2) is 109 Å². The van der Waals surface area contributed by atoms with Crippen LogP contribution < -0.4 is 25.4 Å². The maximum absolute atomic E-state index is 13.1. The number of nitrogens with one attached hydrogen (secondary N) is 3. The molecule has 18 nitrogen and oxygen atoms in total. The Morgan fingerprint density at radius 2 is 1.38 bits per heavy atom. The molecule has 0 radical (unpaired) electrons. The summed E-state index contributed by atoms with van der Waals surface area (Å²) in [5.74, 6) is 0.901. The van der Waals surface area contributed by atoms with Gasteiger partial charge in [0.1, 0.15) is 35.1 Å². The van der Waals surface area contributed by atoms with Crippen molar-refractivity contribution in [2.75, 3.05) is 32.7 Å². The highest BCUT2D eigenvalue weighted by Crippen LogP contribution is 2.50. The first-order chi connectivity index (χ1) is 29.1. The number of hydrogen-bond donors (Lipinski definition) is 6. The molecule has 60 heavy (non-hydrogen) atoms. The minimum absolute atomic E-state index is 0.107. The van der Waals surface area contributed by atoms with Crippen LogP contribution in [0.4, 0.5) is 15.4 Å². The lowest BCUT2D eigenvalue weighted by atomic mass is 9.79. The Kier molecular flexibility index (Phi) is 10.8. The summed E-state index contributed by atoms with van der Waals surface area (Å²) in [5.41, 5.74) is -0.0484. The van der Waals surface area contributed by atoms with Crippen LogP contribution >= 0.6 is 0 Å². The first-order valence-electron chi connectivity index (χ1n) is 18.7. The quantitative estimate of drug-likeness (QED) is 0.0668. The number of aromatic nitrogens is 4. The third-order valence-corrected chi connectivity index (χ3v) is 10.8. The highest BCUT2D eigenvalue weighted by molar-refractivity contribution is 6.06. The van der Waals surface area contributed by atoms with Gasteiger partial charge in [-0.15, -0.1) is 0 Å². The molecule has 0 saturated carbocycles. The third-order valence-electron chi connectivity index (χ3n) is 10.8. The van der Waals surface area contributed by atoms with Gasteiger partial charge in [0.05, 0.1) is 33.2 Å². The Balaban J connectivity index is 1.23. The van der Waals surface area contributed by atoms with Crippen LogP contribution in [-0.2, 0) is 15.1 Å². The third kappa shape index (κ3) is 7.17. The second-order valence-corrected chi connectivity index (χ2v) is 14.1. The number of aliphatic hydroxyl groups excluding tert-OH is 1. The molecule has 8 rings (SSSR count). The number of methoxy groups -OCH3 is 2. The Hall–Kier alpha value is -7.12. The summed E-state index contributed by atoms with van der Waals surface area (Å²) in [7, 11) is 3.14. The number of ether oxygens (including phenoxy) is 4. The number of imidazole rings is 1. The fraction of sp³-hybridized carbons (Fsp3) is 0.238. The zero-order valence-electron chi connectivity index (χ0n) is 32.2. The average molecular weight is 817 g/mol. The molecule has 2 aliphatic heterocycles. The predicted octanol–water partition coefficient (Wildman–Crippen LogP) is 4.24. The summed E-state index contributed by atoms with van der Waals surface area (Å²) in [6.07, 6.45) is -4.51. The first-order valence-corrected chi connectivity index (χ1v) is 18.7. The number of fused-ring (bicyclic) bond motifs is 3. The number of aliphatic hydroxyl groups is 1. The van der Waals surface area contributed by atoms with Gasteiger partial charge in [-0.05, 0) is 53.1 Å². The molecule has 6 aromatic rings. The fourth-order valence-corrected chi connectivity index (χ4v) is 8.03. The van der Waals surface area contributed by atoms with Crippen molar-refractivity contribution in [3.05, 3.63) is 144 Å². The second-order valence-electron chi connectivity index (χ2n) is 14.1. The SMILES string of the molecule is COc1ccc(C(OC[C@@]23CN(C(NC(=O)O)NC(=O)O)[C@@H]([C@H](n4cnc5c(NC(=O)c6ccccc6)ncnc54)O2)[C@@H]3O)(c2ccccc2)c2ccc(OC)cc2)cc1. The van der Waals surface area contributed by atoms with Gasteiger partial charge < -0.3 is 39.6 Å². The summed E-state index contributed by atoms with van der Waals surface area (Å²) in [4.78, 5) is 51.9. The maximum atomic E-state index is 13.1. The van der Waals surface area contributed by atoms with Gasteiger partial charge in [0.25, 0.3) is 5.91 Å². The molecule has 2 aliphatic rings. The van der Waals surface area contributed by atoms with Crippen molar-refractivity contribution < 1.29 is 48.7 Å². The number of nitrogens with zero attached hydrogens (tertiary/aromatic N) is 5. The van der Waals surface area contributed by atoms with Gasteiger partial charge in [0.2, 0.25) is 0 Å². The lowest BCUT2D eigenvalue weighted by Crippen LogP contribution is -2.63. The molecule has 2 fully saturated rings. The maximum Gasteiger partial charge on any atom is 0.407 e. The molecule has 4 atom stereocenters. The predicted molar refractivity (Wildman–Crippen MR) is 213 cm³/mol. The van der Waals surface area contributed by atoms with Crippen molar-refractivity contribution >= 4 is 35.1 Å². The number of anilines is 1. The van der Waals surface area contributed by atoms with Crippen LogP contribution in [0.2, 0.25) is 0 Å². The smallest absolute Gasteiger partial charge is 0.407 e. The first kappa shape index (κ1) is 39.7. The number of likely N-dealkylation sites (tertiary alicyclic amines) is 1. The average Bonchev–Trinajstić information content (AvgIpc) is 3.92. The Morgan fingerprint density at radius 3 is 1.95 bits per heavy atom. The molecule has 2 bridgehead atoms. The molecular weight excluding hydrogens is 777 g/mol. The highest BCUT2D eigenvalue weighted by atomic mass is 16.6. The van der Waals surface area contributed by atoms with Gasteiger partial charge in [-0.1, -0.05) is 72.8 Å². The van der Waals surface area contributed by atoms with E-state index in [-0.39, 0.29) is 30.1 Å². The minimum atomic E-state index is -1.62. The molecule has 6 N–H and O–H groups in total. The van der Waals surface area contributed by atoms with Gasteiger partial charge >= 0.3 is 12.2 Å². The van der Waals surface area contributed by atoms with E-state index >= 15 is 0 Å². The molecule has 0 aliphatic carbocycles. The molecular formula is C42H40N8O10. The van der Waals surface area contributed by atoms with Crippen LogP contribution in [0.1, 0.15) is 33.3 Å². The number of rotatable bonds is 14. The lowest BCUT2D eigenvalue weighted by molar-refractivity contribution is -0.182. The molecule has 2 aromatic heterocycles. The molecule has 18 heteroatoms. The molecule has 0 unspecified atom stereocenters. The number of carbonyl (C=O) groups excluding carboxylic acids is 1. The molecule has 0 spiro atoms. The summed E-state index contributed by atoms with van der Waals surface area (Å²) < 4.78 is 26.5. The largest absolute Gasteiger partial charge is 0.497 e. The van der Waals surface area contributed by atoms with Gasteiger partial charge in [0.15, 0.2) is 29.5 Å². The number of benzene rings is 4. The Bertz CT molecular complexity index is 2430. The van der Waals surface area contributed by atoms with E-state index in [0.29, 0.717) is 28.2 Å². The van der Waals surface area contributed by atoms with E-state index in [1.165, 1.54) is 22.1 Å². The topological polar surface area (TPSA) is 232 Å². The van der Waals surface area contributed by atoms with Crippen molar-refractivity contribution in [2.45, 2.75) is 35.9 Å². The van der Waals surface area contributed by atoms with E-state index in [2.05, 4.69) is 30.9 Å². The number of amides is 3. The van der Waals surface area contributed by atoms with E-state index in [0.717, 1.165) is 5.56 Å². The van der Waals surface area contributed by atoms with Gasteiger partial charge in [-0.2, -0.15) is 0 Å². The molecule has 4 heterocycles. The zero-order valence-corrected chi connectivity index (χ0v) is 32.2. The number of carbonyl (C=O) groups is 3. The monoisotopic (exact) mass is 816 g/mol. The van der Waals surface area contributed by atoms with E-state index in [1.807, 2.05) is 78.9 Å². The number of hydrogen-bond acceptors (Lipinski definition) is 12. The van der Waals surface area contributed by atoms with Crippen molar-refractivity contribution in [3.63, 3.8) is 0 Å². The normalized spacial score (nSPS) is 19.9. The van der Waals surface area contributed by atoms with Crippen LogP contribution in [0, 0.1) is 0 Å². The highest BCUT2D eigenvalue weighted by Gasteiger charge is 2.66. The summed E-state index contributed by atoms with van der Waals surface area (Å²) in [6, 6.07) is 31.6. The van der Waals surface area contributed by atoms with Gasteiger partial charge in [-0.25, -0.2) is 24.5 Å². The standard InChI is InChI=1S/C42H40N8O10/c1-57-29-17-13-27(14-18-29)42(26-11-7-4-8-12-26,28-15-19-30(58-2)20-16-28)59-22-41-21-49(38(47-39(53)54)48-40(55)56)32(33(41)51)37(60-41)50-24-45-31-34(43-23-44-35(31)50)46-36(52)25-9-5-3-6-10-25/h3-20,23-24,32-33,37-38,47-48,51H,21-22H2,1-2H3,(H,53,54)(H,55,56)(H,43,44,46,52)/t32-,33+,37-,41-/m1/s1. The lowest BCUT2D eigenvalue weighted by Gasteiger charge is -2.42. The van der Waals surface area contributed by atoms with Crippen LogP contribution in [0.5, 0.6) is 11.5 Å². The van der Waals surface area contributed by atoms with Crippen molar-refractivity contribution in [2.24, 2.45) is 0 Å². The Morgan fingerprint density at radius 1 is 0.817 bits per heavy atom. The van der Waals surface area contributed by atoms with Crippen molar-refractivity contribution in [1.82, 2.24) is 35.1 Å². The number of morpholine rings is 1. The fourth-order valence-electron chi connectivity index (χ4n) is 8.03. The van der Waals surface area contributed by atoms with E-state index in [4.69, 9.17) is 18.9 Å². The summed E-state index contributed by atoms with van der Waals surface area (Å²) in [5, 5.41) is 39.3. The Labute approximate surface area is 342 Å². The van der Waals surface area contributed by atoms with Crippen molar-refractivity contribution in [3.8, 4) is 11.5 Å². The second kappa shape index (κ2) is 16.3. The minimum Gasteiger partial charge on any atom is -0.497 e. The van der Waals surface area contributed by atoms with Crippen LogP contribution in [0.15, 0.2) is 122 Å². The van der Waals surface area contributed by atoms with Gasteiger partial charge in [-0.3, -0.25) is 24.9 Å². The molecule has 3 amide bonds.